The van der Waals surface area contributed by atoms with Crippen LogP contribution in [-0.2, 0) is 0 Å². The van der Waals surface area contributed by atoms with Crippen molar-refractivity contribution in [1.29, 1.82) is 0 Å². The molecule has 0 atom stereocenters. The Morgan fingerprint density at radius 3 is 2.13 bits per heavy atom. The Morgan fingerprint density at radius 2 is 1.67 bits per heavy atom. The SMILES string of the molecule is CC(C)(CN)CN1CCN(CCO)CC1. The van der Waals surface area contributed by atoms with Gasteiger partial charge in [-0.1, -0.05) is 13.8 Å². The van der Waals surface area contributed by atoms with Gasteiger partial charge in [0.15, 0.2) is 0 Å². The minimum absolute atomic E-state index is 0.221. The molecule has 1 aliphatic heterocycles. The van der Waals surface area contributed by atoms with Crippen molar-refractivity contribution in [2.75, 3.05) is 52.4 Å². The van der Waals surface area contributed by atoms with Crippen molar-refractivity contribution in [3.05, 3.63) is 0 Å². The molecular formula is C11H25N3O. The quantitative estimate of drug-likeness (QED) is 0.654. The van der Waals surface area contributed by atoms with Crippen LogP contribution in [0.15, 0.2) is 0 Å². The zero-order chi connectivity index (χ0) is 11.3. The molecule has 0 aromatic rings. The van der Waals surface area contributed by atoms with Gasteiger partial charge in [0.05, 0.1) is 6.61 Å². The zero-order valence-electron chi connectivity index (χ0n) is 10.1. The number of rotatable bonds is 5. The van der Waals surface area contributed by atoms with E-state index in [1.54, 1.807) is 0 Å². The van der Waals surface area contributed by atoms with E-state index in [-0.39, 0.29) is 12.0 Å². The van der Waals surface area contributed by atoms with E-state index in [4.69, 9.17) is 10.8 Å². The van der Waals surface area contributed by atoms with Crippen LogP contribution in [0.2, 0.25) is 0 Å². The van der Waals surface area contributed by atoms with Crippen molar-refractivity contribution in [2.24, 2.45) is 11.1 Å². The van der Waals surface area contributed by atoms with Gasteiger partial charge in [-0.3, -0.25) is 4.90 Å². The molecule has 1 heterocycles. The third-order valence-corrected chi connectivity index (χ3v) is 3.09. The topological polar surface area (TPSA) is 52.7 Å². The third kappa shape index (κ3) is 4.47. The van der Waals surface area contributed by atoms with Gasteiger partial charge >= 0.3 is 0 Å². The van der Waals surface area contributed by atoms with Crippen LogP contribution >= 0.6 is 0 Å². The normalized spacial score (nSPS) is 20.8. The number of nitrogens with two attached hydrogens (primary N) is 1. The Bertz CT molecular complexity index is 177. The van der Waals surface area contributed by atoms with E-state index in [0.29, 0.717) is 0 Å². The van der Waals surface area contributed by atoms with Gasteiger partial charge in [-0.15, -0.1) is 0 Å². The van der Waals surface area contributed by atoms with Gasteiger partial charge in [0, 0.05) is 39.3 Å². The lowest BCUT2D eigenvalue weighted by molar-refractivity contribution is 0.0874. The highest BCUT2D eigenvalue weighted by atomic mass is 16.3. The Morgan fingerprint density at radius 1 is 1.13 bits per heavy atom. The molecule has 0 radical (unpaired) electrons. The highest BCUT2D eigenvalue weighted by molar-refractivity contribution is 4.79. The fourth-order valence-electron chi connectivity index (χ4n) is 1.98. The van der Waals surface area contributed by atoms with Gasteiger partial charge in [-0.05, 0) is 12.0 Å². The van der Waals surface area contributed by atoms with Crippen LogP contribution in [0.5, 0.6) is 0 Å². The predicted octanol–water partition coefficient (Wildman–Crippen LogP) is -0.419. The number of piperazine rings is 1. The van der Waals surface area contributed by atoms with Crippen LogP contribution in [0.1, 0.15) is 13.8 Å². The Kier molecular flexibility index (Phi) is 4.99. The van der Waals surface area contributed by atoms with E-state index >= 15 is 0 Å². The summed E-state index contributed by atoms with van der Waals surface area (Å²) < 4.78 is 0. The summed E-state index contributed by atoms with van der Waals surface area (Å²) in [5.41, 5.74) is 5.95. The molecule has 0 unspecified atom stereocenters. The standard InChI is InChI=1S/C11H25N3O/c1-11(2,9-12)10-14-5-3-13(4-6-14)7-8-15/h15H,3-10,12H2,1-2H3. The number of aliphatic hydroxyl groups excluding tert-OH is 1. The molecule has 90 valence electrons. The highest BCUT2D eigenvalue weighted by Gasteiger charge is 2.23. The van der Waals surface area contributed by atoms with Gasteiger partial charge in [0.2, 0.25) is 0 Å². The van der Waals surface area contributed by atoms with Crippen molar-refractivity contribution in [3.63, 3.8) is 0 Å². The second-order valence-electron chi connectivity index (χ2n) is 5.21. The number of hydrogen-bond donors (Lipinski definition) is 2. The smallest absolute Gasteiger partial charge is 0.0558 e. The molecule has 0 aromatic carbocycles. The minimum Gasteiger partial charge on any atom is -0.395 e. The molecule has 1 saturated heterocycles. The predicted molar refractivity (Wildman–Crippen MR) is 62.8 cm³/mol. The molecule has 15 heavy (non-hydrogen) atoms. The van der Waals surface area contributed by atoms with Crippen molar-refractivity contribution in [3.8, 4) is 0 Å². The highest BCUT2D eigenvalue weighted by Crippen LogP contribution is 2.15. The monoisotopic (exact) mass is 215 g/mol. The van der Waals surface area contributed by atoms with Crippen LogP contribution in [0.25, 0.3) is 0 Å². The fourth-order valence-corrected chi connectivity index (χ4v) is 1.98. The van der Waals surface area contributed by atoms with Crippen molar-refractivity contribution >= 4 is 0 Å². The van der Waals surface area contributed by atoms with E-state index in [1.807, 2.05) is 0 Å². The van der Waals surface area contributed by atoms with E-state index in [1.165, 1.54) is 0 Å². The minimum atomic E-state index is 0.221. The number of nitrogens with zero attached hydrogens (tertiary/aromatic N) is 2. The van der Waals surface area contributed by atoms with Crippen molar-refractivity contribution in [1.82, 2.24) is 9.80 Å². The molecule has 1 aliphatic rings. The second kappa shape index (κ2) is 5.80. The van der Waals surface area contributed by atoms with Crippen LogP contribution in [0.3, 0.4) is 0 Å². The summed E-state index contributed by atoms with van der Waals surface area (Å²) in [5, 5.41) is 8.84. The van der Waals surface area contributed by atoms with Crippen LogP contribution in [-0.4, -0.2) is 67.3 Å². The van der Waals surface area contributed by atoms with Crippen LogP contribution in [0.4, 0.5) is 0 Å². The molecular weight excluding hydrogens is 190 g/mol. The summed E-state index contributed by atoms with van der Waals surface area (Å²) in [6, 6.07) is 0. The molecule has 4 heteroatoms. The first-order valence-corrected chi connectivity index (χ1v) is 5.83. The summed E-state index contributed by atoms with van der Waals surface area (Å²) in [5.74, 6) is 0. The van der Waals surface area contributed by atoms with Gasteiger partial charge in [-0.2, -0.15) is 0 Å². The molecule has 0 aromatic heterocycles. The average molecular weight is 215 g/mol. The van der Waals surface area contributed by atoms with Crippen molar-refractivity contribution in [2.45, 2.75) is 13.8 Å². The van der Waals surface area contributed by atoms with Crippen LogP contribution in [0, 0.1) is 5.41 Å². The summed E-state index contributed by atoms with van der Waals surface area (Å²) in [6.07, 6.45) is 0. The number of hydrogen-bond acceptors (Lipinski definition) is 4. The summed E-state index contributed by atoms with van der Waals surface area (Å²) in [6.45, 7) is 11.7. The first kappa shape index (κ1) is 12.9. The Labute approximate surface area is 93.0 Å². The molecule has 0 amide bonds. The van der Waals surface area contributed by atoms with Gasteiger partial charge in [-0.25, -0.2) is 0 Å². The molecule has 3 N–H and O–H groups in total. The first-order valence-electron chi connectivity index (χ1n) is 5.83. The van der Waals surface area contributed by atoms with Crippen LogP contribution < -0.4 is 5.73 Å². The summed E-state index contributed by atoms with van der Waals surface area (Å²) in [7, 11) is 0. The Balaban J connectivity index is 2.25. The van der Waals surface area contributed by atoms with Gasteiger partial charge in [0.1, 0.15) is 0 Å². The molecule has 0 saturated carbocycles. The van der Waals surface area contributed by atoms with Gasteiger partial charge in [0.25, 0.3) is 0 Å². The third-order valence-electron chi connectivity index (χ3n) is 3.09. The van der Waals surface area contributed by atoms with E-state index in [2.05, 4.69) is 23.6 Å². The summed E-state index contributed by atoms with van der Waals surface area (Å²) in [4.78, 5) is 4.78. The van der Waals surface area contributed by atoms with E-state index < -0.39 is 0 Å². The van der Waals surface area contributed by atoms with Gasteiger partial charge < -0.3 is 15.7 Å². The molecule has 0 aliphatic carbocycles. The molecule has 1 fully saturated rings. The lowest BCUT2D eigenvalue weighted by atomic mass is 9.93. The molecule has 1 rings (SSSR count). The zero-order valence-corrected chi connectivity index (χ0v) is 10.1. The second-order valence-corrected chi connectivity index (χ2v) is 5.21. The van der Waals surface area contributed by atoms with Crippen molar-refractivity contribution < 1.29 is 5.11 Å². The number of β-amino-alcohol motifs (C(OH)–C–C–N with tert-alkyl or cyclic N) is 1. The largest absolute Gasteiger partial charge is 0.395 e. The van der Waals surface area contributed by atoms with E-state index in [0.717, 1.165) is 45.8 Å². The maximum atomic E-state index is 8.84. The lowest BCUT2D eigenvalue weighted by Crippen LogP contribution is -2.50. The number of aliphatic hydroxyl groups is 1. The van der Waals surface area contributed by atoms with E-state index in [9.17, 15) is 0 Å². The molecule has 0 bridgehead atoms. The molecule has 4 nitrogen and oxygen atoms in total. The maximum absolute atomic E-state index is 8.84. The average Bonchev–Trinajstić information content (AvgIpc) is 2.21. The summed E-state index contributed by atoms with van der Waals surface area (Å²) >= 11 is 0. The fraction of sp³-hybridized carbons (Fsp3) is 1.00. The first-order chi connectivity index (χ1) is 7.07. The maximum Gasteiger partial charge on any atom is 0.0558 e. The lowest BCUT2D eigenvalue weighted by Gasteiger charge is -2.38. The molecule has 0 spiro atoms. The Hall–Kier alpha value is -0.160.